The van der Waals surface area contributed by atoms with Gasteiger partial charge >= 0.3 is 0 Å². The van der Waals surface area contributed by atoms with Gasteiger partial charge in [0, 0.05) is 11.5 Å². The van der Waals surface area contributed by atoms with Crippen LogP contribution in [0.15, 0.2) is 24.3 Å². The van der Waals surface area contributed by atoms with Gasteiger partial charge in [0.05, 0.1) is 0 Å². The second-order valence-corrected chi connectivity index (χ2v) is 6.13. The predicted octanol–water partition coefficient (Wildman–Crippen LogP) is 4.79. The van der Waals surface area contributed by atoms with E-state index in [-0.39, 0.29) is 0 Å². The summed E-state index contributed by atoms with van der Waals surface area (Å²) in [6.07, 6.45) is 8.81. The van der Waals surface area contributed by atoms with Crippen LogP contribution in [0.2, 0.25) is 0 Å². The van der Waals surface area contributed by atoms with Gasteiger partial charge in [0.15, 0.2) is 0 Å². The molecule has 0 radical (unpaired) electrons. The minimum atomic E-state index is 0.703. The molecule has 0 spiro atoms. The quantitative estimate of drug-likeness (QED) is 0.350. The van der Waals surface area contributed by atoms with Gasteiger partial charge in [-0.3, -0.25) is 0 Å². The molecular weight excluding hydrogens is 208 g/mol. The molecule has 0 fully saturated rings. The molecule has 0 aromatic rings. The molecule has 0 saturated carbocycles. The van der Waals surface area contributed by atoms with Crippen LogP contribution in [0.3, 0.4) is 0 Å². The monoisotopic (exact) mass is 230 g/mol. The molecular formula is C12H22S2. The first kappa shape index (κ1) is 14.2. The lowest BCUT2D eigenvalue weighted by Crippen LogP contribution is -1.94. The van der Waals surface area contributed by atoms with E-state index >= 15 is 0 Å². The van der Waals surface area contributed by atoms with Crippen molar-refractivity contribution < 1.29 is 0 Å². The van der Waals surface area contributed by atoms with Crippen LogP contribution in [0.5, 0.6) is 0 Å². The van der Waals surface area contributed by atoms with Crippen molar-refractivity contribution in [2.24, 2.45) is 11.8 Å². The zero-order chi connectivity index (χ0) is 10.8. The van der Waals surface area contributed by atoms with E-state index in [0.717, 1.165) is 0 Å². The van der Waals surface area contributed by atoms with Gasteiger partial charge < -0.3 is 0 Å². The summed E-state index contributed by atoms with van der Waals surface area (Å²) >= 11 is 0. The number of allylic oxidation sites excluding steroid dienone is 4. The van der Waals surface area contributed by atoms with Gasteiger partial charge in [-0.05, 0) is 25.7 Å². The Balaban J connectivity index is 3.37. The molecule has 0 nitrogen and oxygen atoms in total. The highest BCUT2D eigenvalue weighted by atomic mass is 33.1. The topological polar surface area (TPSA) is 0 Å². The van der Waals surface area contributed by atoms with Crippen LogP contribution in [0, 0.1) is 11.8 Å². The van der Waals surface area contributed by atoms with Crippen LogP contribution in [0.25, 0.3) is 0 Å². The summed E-state index contributed by atoms with van der Waals surface area (Å²) in [5.41, 5.74) is 0. The molecule has 0 aliphatic heterocycles. The zero-order valence-corrected chi connectivity index (χ0v) is 11.3. The van der Waals surface area contributed by atoms with Crippen LogP contribution in [-0.2, 0) is 0 Å². The van der Waals surface area contributed by atoms with E-state index in [1.54, 1.807) is 0 Å². The van der Waals surface area contributed by atoms with Gasteiger partial charge in [0.25, 0.3) is 0 Å². The minimum Gasteiger partial charge on any atom is -0.0935 e. The van der Waals surface area contributed by atoms with Crippen LogP contribution >= 0.6 is 21.6 Å². The lowest BCUT2D eigenvalue weighted by atomic mass is 10.2. The summed E-state index contributed by atoms with van der Waals surface area (Å²) < 4.78 is 0. The first-order valence-corrected chi connectivity index (χ1v) is 7.69. The second-order valence-electron chi connectivity index (χ2n) is 3.58. The average Bonchev–Trinajstić information content (AvgIpc) is 2.13. The van der Waals surface area contributed by atoms with Crippen LogP contribution < -0.4 is 0 Å². The second kappa shape index (κ2) is 9.72. The van der Waals surface area contributed by atoms with Gasteiger partial charge in [-0.2, -0.15) is 0 Å². The Hall–Kier alpha value is 0.180. The Kier molecular flexibility index (Phi) is 9.85. The Morgan fingerprint density at radius 1 is 0.857 bits per heavy atom. The fourth-order valence-corrected chi connectivity index (χ4v) is 3.79. The van der Waals surface area contributed by atoms with Gasteiger partial charge in [-0.25, -0.2) is 0 Å². The van der Waals surface area contributed by atoms with E-state index in [0.29, 0.717) is 11.8 Å². The normalized spacial score (nSPS) is 16.6. The molecule has 0 heterocycles. The highest BCUT2D eigenvalue weighted by Gasteiger charge is 2.00. The maximum Gasteiger partial charge on any atom is 0.00973 e. The lowest BCUT2D eigenvalue weighted by molar-refractivity contribution is 0.844. The Morgan fingerprint density at radius 2 is 1.21 bits per heavy atom. The van der Waals surface area contributed by atoms with Crippen molar-refractivity contribution in [3.05, 3.63) is 24.3 Å². The fraction of sp³-hybridized carbons (Fsp3) is 0.667. The molecule has 0 amide bonds. The fourth-order valence-electron chi connectivity index (χ4n) is 1.08. The molecule has 82 valence electrons. The third kappa shape index (κ3) is 8.76. The van der Waals surface area contributed by atoms with E-state index in [4.69, 9.17) is 0 Å². The predicted molar refractivity (Wildman–Crippen MR) is 72.9 cm³/mol. The standard InChI is InChI=1S/C12H22S2/c1-5-7-11(3)9-13-14-10-12(4)8-6-2/h5-8,11-12H,9-10H2,1-4H3. The minimum absolute atomic E-state index is 0.703. The molecule has 0 bridgehead atoms. The molecule has 2 unspecified atom stereocenters. The summed E-state index contributed by atoms with van der Waals surface area (Å²) in [6, 6.07) is 0. The summed E-state index contributed by atoms with van der Waals surface area (Å²) in [4.78, 5) is 0. The summed E-state index contributed by atoms with van der Waals surface area (Å²) in [5.74, 6) is 3.85. The number of hydrogen-bond donors (Lipinski definition) is 0. The van der Waals surface area contributed by atoms with Crippen molar-refractivity contribution in [3.8, 4) is 0 Å². The molecule has 0 aromatic carbocycles. The Labute approximate surface area is 97.0 Å². The highest BCUT2D eigenvalue weighted by molar-refractivity contribution is 8.76. The van der Waals surface area contributed by atoms with Crippen molar-refractivity contribution in [3.63, 3.8) is 0 Å². The summed E-state index contributed by atoms with van der Waals surface area (Å²) in [5, 5.41) is 0. The van der Waals surface area contributed by atoms with Crippen LogP contribution in [0.4, 0.5) is 0 Å². The highest BCUT2D eigenvalue weighted by Crippen LogP contribution is 2.26. The molecule has 2 atom stereocenters. The smallest absolute Gasteiger partial charge is 0.00973 e. The van der Waals surface area contributed by atoms with Gasteiger partial charge in [0.2, 0.25) is 0 Å². The van der Waals surface area contributed by atoms with Gasteiger partial charge in [-0.15, -0.1) is 0 Å². The molecule has 2 heteroatoms. The zero-order valence-electron chi connectivity index (χ0n) is 9.69. The third-order valence-electron chi connectivity index (χ3n) is 1.79. The number of hydrogen-bond acceptors (Lipinski definition) is 2. The van der Waals surface area contributed by atoms with E-state index in [9.17, 15) is 0 Å². The Morgan fingerprint density at radius 3 is 1.50 bits per heavy atom. The van der Waals surface area contributed by atoms with Crippen molar-refractivity contribution in [1.29, 1.82) is 0 Å². The number of rotatable bonds is 7. The maximum absolute atomic E-state index is 2.27. The van der Waals surface area contributed by atoms with Crippen molar-refractivity contribution in [1.82, 2.24) is 0 Å². The van der Waals surface area contributed by atoms with Crippen molar-refractivity contribution in [2.45, 2.75) is 27.7 Å². The van der Waals surface area contributed by atoms with E-state index in [2.05, 4.69) is 52.0 Å². The average molecular weight is 230 g/mol. The van der Waals surface area contributed by atoms with Crippen LogP contribution in [0.1, 0.15) is 27.7 Å². The molecule has 0 rings (SSSR count). The van der Waals surface area contributed by atoms with Gasteiger partial charge in [0.1, 0.15) is 0 Å². The van der Waals surface area contributed by atoms with Crippen molar-refractivity contribution in [2.75, 3.05) is 11.5 Å². The maximum atomic E-state index is 2.27. The molecule has 14 heavy (non-hydrogen) atoms. The Bertz CT molecular complexity index is 153. The van der Waals surface area contributed by atoms with Crippen LogP contribution in [-0.4, -0.2) is 11.5 Å². The third-order valence-corrected chi connectivity index (χ3v) is 4.59. The van der Waals surface area contributed by atoms with E-state index in [1.807, 2.05) is 21.6 Å². The first-order valence-electron chi connectivity index (χ1n) is 5.20. The lowest BCUT2D eigenvalue weighted by Gasteiger charge is -2.07. The molecule has 0 saturated heterocycles. The largest absolute Gasteiger partial charge is 0.0935 e. The molecule has 0 aliphatic carbocycles. The van der Waals surface area contributed by atoms with E-state index in [1.165, 1.54) is 11.5 Å². The van der Waals surface area contributed by atoms with Gasteiger partial charge in [-0.1, -0.05) is 59.7 Å². The summed E-state index contributed by atoms with van der Waals surface area (Å²) in [6.45, 7) is 8.71. The summed E-state index contributed by atoms with van der Waals surface area (Å²) in [7, 11) is 3.97. The van der Waals surface area contributed by atoms with Crippen molar-refractivity contribution >= 4 is 21.6 Å². The molecule has 0 aliphatic rings. The molecule has 0 aromatic heterocycles. The molecule has 0 N–H and O–H groups in total. The van der Waals surface area contributed by atoms with E-state index < -0.39 is 0 Å². The first-order chi connectivity index (χ1) is 6.70. The SMILES string of the molecule is CC=CC(C)CSSCC(C)C=CC.